The van der Waals surface area contributed by atoms with E-state index < -0.39 is 0 Å². The fraction of sp³-hybridized carbons (Fsp3) is 1.00. The first-order valence-electron chi connectivity index (χ1n) is 9.52. The molecule has 2 rings (SSSR count). The van der Waals surface area contributed by atoms with Gasteiger partial charge in [0.15, 0.2) is 0 Å². The number of hydrogen-bond acceptors (Lipinski definition) is 2. The van der Waals surface area contributed by atoms with Gasteiger partial charge in [-0.05, 0) is 63.5 Å². The summed E-state index contributed by atoms with van der Waals surface area (Å²) in [6.07, 6.45) is 11.2. The van der Waals surface area contributed by atoms with Gasteiger partial charge in [0.05, 0.1) is 0 Å². The Kier molecular flexibility index (Phi) is 6.55. The van der Waals surface area contributed by atoms with Crippen LogP contribution in [-0.4, -0.2) is 36.6 Å². The zero-order valence-corrected chi connectivity index (χ0v) is 15.0. The predicted octanol–water partition coefficient (Wildman–Crippen LogP) is 4.45. The molecule has 2 aliphatic rings. The van der Waals surface area contributed by atoms with Crippen LogP contribution in [0.2, 0.25) is 0 Å². The molecule has 1 aliphatic heterocycles. The van der Waals surface area contributed by atoms with Gasteiger partial charge in [-0.25, -0.2) is 0 Å². The van der Waals surface area contributed by atoms with E-state index in [1.165, 1.54) is 71.0 Å². The van der Waals surface area contributed by atoms with Crippen LogP contribution in [0, 0.1) is 11.3 Å². The average molecular weight is 295 g/mol. The molecular weight excluding hydrogens is 256 g/mol. The molecule has 2 fully saturated rings. The molecule has 1 aliphatic carbocycles. The minimum Gasteiger partial charge on any atom is -0.313 e. The lowest BCUT2D eigenvalue weighted by molar-refractivity contribution is 0.0679. The second kappa shape index (κ2) is 7.97. The number of hydrogen-bond donors (Lipinski definition) is 1. The Bertz CT molecular complexity index is 300. The topological polar surface area (TPSA) is 15.3 Å². The van der Waals surface area contributed by atoms with Crippen molar-refractivity contribution in [2.24, 2.45) is 11.3 Å². The van der Waals surface area contributed by atoms with E-state index in [1.807, 2.05) is 0 Å². The molecule has 3 unspecified atom stereocenters. The van der Waals surface area contributed by atoms with E-state index in [4.69, 9.17) is 0 Å². The Morgan fingerprint density at radius 1 is 1.10 bits per heavy atom. The molecule has 2 nitrogen and oxygen atoms in total. The van der Waals surface area contributed by atoms with Crippen LogP contribution in [0.15, 0.2) is 0 Å². The van der Waals surface area contributed by atoms with Crippen molar-refractivity contribution in [1.29, 1.82) is 0 Å². The number of likely N-dealkylation sites (tertiary alicyclic amines) is 1. The first-order chi connectivity index (χ1) is 10.0. The maximum Gasteiger partial charge on any atom is 0.0159 e. The highest BCUT2D eigenvalue weighted by molar-refractivity contribution is 4.95. The Balaban J connectivity index is 2.00. The van der Waals surface area contributed by atoms with Crippen molar-refractivity contribution in [3.8, 4) is 0 Å². The maximum absolute atomic E-state index is 3.91. The molecule has 1 heterocycles. The molecule has 0 amide bonds. The van der Waals surface area contributed by atoms with Crippen molar-refractivity contribution in [2.45, 2.75) is 91.1 Å². The minimum atomic E-state index is 0.465. The lowest BCUT2D eigenvalue weighted by Crippen LogP contribution is -2.53. The molecule has 0 aromatic heterocycles. The minimum absolute atomic E-state index is 0.465. The molecule has 2 heteroatoms. The number of nitrogens with zero attached hydrogens (tertiary/aromatic N) is 1. The van der Waals surface area contributed by atoms with Gasteiger partial charge in [-0.2, -0.15) is 0 Å². The highest BCUT2D eigenvalue weighted by Crippen LogP contribution is 2.39. The second-order valence-electron chi connectivity index (χ2n) is 8.27. The van der Waals surface area contributed by atoms with Gasteiger partial charge in [0.25, 0.3) is 0 Å². The molecule has 0 radical (unpaired) electrons. The summed E-state index contributed by atoms with van der Waals surface area (Å²) < 4.78 is 0. The van der Waals surface area contributed by atoms with E-state index in [1.54, 1.807) is 0 Å². The van der Waals surface area contributed by atoms with Crippen LogP contribution in [0.1, 0.15) is 79.1 Å². The fourth-order valence-corrected chi connectivity index (χ4v) is 4.63. The van der Waals surface area contributed by atoms with Crippen molar-refractivity contribution < 1.29 is 0 Å². The summed E-state index contributed by atoms with van der Waals surface area (Å²) in [5.41, 5.74) is 0.465. The van der Waals surface area contributed by atoms with Gasteiger partial charge >= 0.3 is 0 Å². The normalized spacial score (nSPS) is 34.6. The third kappa shape index (κ3) is 4.69. The summed E-state index contributed by atoms with van der Waals surface area (Å²) in [5, 5.41) is 3.91. The lowest BCUT2D eigenvalue weighted by atomic mass is 9.67. The van der Waals surface area contributed by atoms with Crippen LogP contribution in [0.25, 0.3) is 0 Å². The maximum atomic E-state index is 3.91. The predicted molar refractivity (Wildman–Crippen MR) is 92.7 cm³/mol. The zero-order chi connectivity index (χ0) is 15.3. The number of rotatable bonds is 5. The van der Waals surface area contributed by atoms with Gasteiger partial charge in [-0.3, -0.25) is 0 Å². The van der Waals surface area contributed by atoms with E-state index in [0.717, 1.165) is 12.0 Å². The first kappa shape index (κ1) is 17.3. The molecule has 0 spiro atoms. The summed E-state index contributed by atoms with van der Waals surface area (Å²) in [7, 11) is 0. The van der Waals surface area contributed by atoms with Crippen molar-refractivity contribution >= 4 is 0 Å². The van der Waals surface area contributed by atoms with Gasteiger partial charge in [0.1, 0.15) is 0 Å². The smallest absolute Gasteiger partial charge is 0.0159 e. The van der Waals surface area contributed by atoms with Crippen LogP contribution >= 0.6 is 0 Å². The highest BCUT2D eigenvalue weighted by atomic mass is 15.2. The Morgan fingerprint density at radius 3 is 2.67 bits per heavy atom. The van der Waals surface area contributed by atoms with Gasteiger partial charge < -0.3 is 10.2 Å². The Morgan fingerprint density at radius 2 is 1.90 bits per heavy atom. The van der Waals surface area contributed by atoms with Crippen LogP contribution in [0.3, 0.4) is 0 Å². The van der Waals surface area contributed by atoms with Crippen LogP contribution in [-0.2, 0) is 0 Å². The lowest BCUT2D eigenvalue weighted by Gasteiger charge is -2.46. The monoisotopic (exact) mass is 294 g/mol. The van der Waals surface area contributed by atoms with Crippen molar-refractivity contribution in [1.82, 2.24) is 10.2 Å². The van der Waals surface area contributed by atoms with Crippen molar-refractivity contribution in [3.63, 3.8) is 0 Å². The van der Waals surface area contributed by atoms with Crippen molar-refractivity contribution in [3.05, 3.63) is 0 Å². The van der Waals surface area contributed by atoms with E-state index in [0.29, 0.717) is 11.5 Å². The third-order valence-electron chi connectivity index (χ3n) is 5.98. The first-order valence-corrected chi connectivity index (χ1v) is 9.52. The molecule has 21 heavy (non-hydrogen) atoms. The third-order valence-corrected chi connectivity index (χ3v) is 5.98. The molecule has 1 saturated heterocycles. The Labute approximate surface area is 133 Å². The van der Waals surface area contributed by atoms with E-state index in [2.05, 4.69) is 37.9 Å². The van der Waals surface area contributed by atoms with Gasteiger partial charge in [0, 0.05) is 18.6 Å². The van der Waals surface area contributed by atoms with Crippen molar-refractivity contribution in [2.75, 3.05) is 19.6 Å². The van der Waals surface area contributed by atoms with Crippen LogP contribution in [0.5, 0.6) is 0 Å². The zero-order valence-electron chi connectivity index (χ0n) is 15.0. The van der Waals surface area contributed by atoms with E-state index in [9.17, 15) is 0 Å². The average Bonchev–Trinajstić information content (AvgIpc) is 2.63. The quantitative estimate of drug-likeness (QED) is 0.806. The summed E-state index contributed by atoms with van der Waals surface area (Å²) in [6.45, 7) is 13.5. The molecule has 0 bridgehead atoms. The second-order valence-corrected chi connectivity index (χ2v) is 8.27. The summed E-state index contributed by atoms with van der Waals surface area (Å²) >= 11 is 0. The fourth-order valence-electron chi connectivity index (χ4n) is 4.63. The van der Waals surface area contributed by atoms with E-state index >= 15 is 0 Å². The largest absolute Gasteiger partial charge is 0.313 e. The SMILES string of the molecule is CCCNC1C(CN2CCCCCC2C)CCCC1(C)C. The standard InChI is InChI=1S/C19H38N2/c1-5-13-20-18-17(11-9-12-19(18,3)4)15-21-14-8-6-7-10-16(21)2/h16-18,20H,5-15H2,1-4H3. The number of nitrogens with one attached hydrogen (secondary N) is 1. The van der Waals surface area contributed by atoms with Gasteiger partial charge in [-0.15, -0.1) is 0 Å². The summed E-state index contributed by atoms with van der Waals surface area (Å²) in [4.78, 5) is 2.81. The van der Waals surface area contributed by atoms with Gasteiger partial charge in [-0.1, -0.05) is 40.0 Å². The van der Waals surface area contributed by atoms with E-state index in [-0.39, 0.29) is 0 Å². The molecular formula is C19H38N2. The van der Waals surface area contributed by atoms with Crippen LogP contribution in [0.4, 0.5) is 0 Å². The molecule has 0 aromatic carbocycles. The molecule has 0 aromatic rings. The molecule has 3 atom stereocenters. The van der Waals surface area contributed by atoms with Crippen LogP contribution < -0.4 is 5.32 Å². The molecule has 1 N–H and O–H groups in total. The highest BCUT2D eigenvalue weighted by Gasteiger charge is 2.39. The summed E-state index contributed by atoms with van der Waals surface area (Å²) in [5.74, 6) is 0.848. The molecule has 124 valence electrons. The summed E-state index contributed by atoms with van der Waals surface area (Å²) in [6, 6.07) is 1.51. The van der Waals surface area contributed by atoms with Gasteiger partial charge in [0.2, 0.25) is 0 Å². The Hall–Kier alpha value is -0.0800. The molecule has 1 saturated carbocycles.